The van der Waals surface area contributed by atoms with Crippen LogP contribution in [0.25, 0.3) is 0 Å². The maximum atomic E-state index is 11.5. The van der Waals surface area contributed by atoms with E-state index in [2.05, 4.69) is 14.7 Å². The predicted molar refractivity (Wildman–Crippen MR) is 72.5 cm³/mol. The summed E-state index contributed by atoms with van der Waals surface area (Å²) in [5, 5.41) is 4.26. The molecular weight excluding hydrogens is 264 g/mol. The Balaban J connectivity index is 1.57. The minimum Gasteiger partial charge on any atom is -0.453 e. The molecule has 3 rings (SSSR count). The topological polar surface area (TPSA) is 67.3 Å². The number of rotatable bonds is 3. The van der Waals surface area contributed by atoms with Crippen LogP contribution in [0.15, 0.2) is 0 Å². The molecule has 19 heavy (non-hydrogen) atoms. The molecule has 1 aromatic rings. The van der Waals surface area contributed by atoms with Crippen LogP contribution in [0.3, 0.4) is 0 Å². The van der Waals surface area contributed by atoms with Gasteiger partial charge in [0.2, 0.25) is 5.13 Å². The van der Waals surface area contributed by atoms with Gasteiger partial charge in [-0.1, -0.05) is 0 Å². The molecule has 0 unspecified atom stereocenters. The quantitative estimate of drug-likeness (QED) is 0.919. The number of methoxy groups -OCH3 is 1. The molecular formula is C12H18N4O2S. The molecule has 0 spiro atoms. The summed E-state index contributed by atoms with van der Waals surface area (Å²) in [6.07, 6.45) is 4.22. The summed E-state index contributed by atoms with van der Waals surface area (Å²) < 4.78 is 9.14. The highest BCUT2D eigenvalue weighted by atomic mass is 32.1. The molecule has 1 aliphatic carbocycles. The number of hydrogen-bond donors (Lipinski definition) is 1. The van der Waals surface area contributed by atoms with Crippen LogP contribution >= 0.6 is 11.5 Å². The first-order valence-electron chi connectivity index (χ1n) is 6.69. The number of anilines is 1. The molecule has 2 aliphatic rings. The fourth-order valence-electron chi connectivity index (χ4n) is 2.37. The molecule has 1 saturated heterocycles. The SMILES string of the molecule is COC(=O)N1CCC[C@H](Nc2nc(C3CC3)ns2)C1. The smallest absolute Gasteiger partial charge is 0.409 e. The largest absolute Gasteiger partial charge is 0.453 e. The molecule has 2 heterocycles. The van der Waals surface area contributed by atoms with Gasteiger partial charge in [-0.3, -0.25) is 0 Å². The third kappa shape index (κ3) is 2.97. The number of amides is 1. The molecule has 104 valence electrons. The summed E-state index contributed by atoms with van der Waals surface area (Å²) in [5.41, 5.74) is 0. The molecule has 1 aromatic heterocycles. The summed E-state index contributed by atoms with van der Waals surface area (Å²) in [7, 11) is 1.42. The number of nitrogens with one attached hydrogen (secondary N) is 1. The molecule has 0 bridgehead atoms. The zero-order chi connectivity index (χ0) is 13.2. The van der Waals surface area contributed by atoms with Crippen molar-refractivity contribution >= 4 is 22.8 Å². The molecule has 1 amide bonds. The van der Waals surface area contributed by atoms with Gasteiger partial charge < -0.3 is 15.0 Å². The molecule has 1 N–H and O–H groups in total. The third-order valence-corrected chi connectivity index (χ3v) is 4.23. The molecule has 1 saturated carbocycles. The lowest BCUT2D eigenvalue weighted by Crippen LogP contribution is -2.45. The second-order valence-corrected chi connectivity index (χ2v) is 5.88. The number of carbonyl (C=O) groups excluding carboxylic acids is 1. The number of ether oxygens (including phenoxy) is 1. The Labute approximate surface area is 116 Å². The zero-order valence-corrected chi connectivity index (χ0v) is 11.8. The Kier molecular flexibility index (Phi) is 3.54. The van der Waals surface area contributed by atoms with E-state index < -0.39 is 0 Å². The van der Waals surface area contributed by atoms with Crippen molar-refractivity contribution in [1.82, 2.24) is 14.3 Å². The fraction of sp³-hybridized carbons (Fsp3) is 0.750. The summed E-state index contributed by atoms with van der Waals surface area (Å²) in [6, 6.07) is 0.243. The summed E-state index contributed by atoms with van der Waals surface area (Å²) in [6.45, 7) is 1.44. The van der Waals surface area contributed by atoms with Crippen molar-refractivity contribution in [1.29, 1.82) is 0 Å². The molecule has 7 heteroatoms. The number of carbonyl (C=O) groups is 1. The van der Waals surface area contributed by atoms with E-state index in [1.807, 2.05) is 0 Å². The highest BCUT2D eigenvalue weighted by Gasteiger charge is 2.29. The van der Waals surface area contributed by atoms with Gasteiger partial charge in [0.25, 0.3) is 0 Å². The van der Waals surface area contributed by atoms with Crippen molar-refractivity contribution in [3.63, 3.8) is 0 Å². The van der Waals surface area contributed by atoms with E-state index in [-0.39, 0.29) is 12.1 Å². The molecule has 1 atom stereocenters. The Bertz CT molecular complexity index is 460. The first-order chi connectivity index (χ1) is 9.26. The van der Waals surface area contributed by atoms with Gasteiger partial charge in [0.1, 0.15) is 5.82 Å². The van der Waals surface area contributed by atoms with Crippen LogP contribution in [-0.2, 0) is 4.74 Å². The van der Waals surface area contributed by atoms with Crippen LogP contribution in [0.5, 0.6) is 0 Å². The molecule has 6 nitrogen and oxygen atoms in total. The lowest BCUT2D eigenvalue weighted by atomic mass is 10.1. The third-order valence-electron chi connectivity index (χ3n) is 3.57. The number of nitrogens with zero attached hydrogens (tertiary/aromatic N) is 3. The van der Waals surface area contributed by atoms with Gasteiger partial charge in [-0.05, 0) is 25.7 Å². The highest BCUT2D eigenvalue weighted by Crippen LogP contribution is 2.39. The lowest BCUT2D eigenvalue weighted by molar-refractivity contribution is 0.113. The number of hydrogen-bond acceptors (Lipinski definition) is 6. The Hall–Kier alpha value is -1.37. The average molecular weight is 282 g/mol. The zero-order valence-electron chi connectivity index (χ0n) is 11.0. The minimum atomic E-state index is -0.248. The highest BCUT2D eigenvalue weighted by molar-refractivity contribution is 7.09. The van der Waals surface area contributed by atoms with Gasteiger partial charge in [0.15, 0.2) is 0 Å². The Morgan fingerprint density at radius 1 is 1.47 bits per heavy atom. The van der Waals surface area contributed by atoms with Gasteiger partial charge in [-0.25, -0.2) is 9.78 Å². The second kappa shape index (κ2) is 5.32. The minimum absolute atomic E-state index is 0.243. The molecule has 0 radical (unpaired) electrons. The number of aromatic nitrogens is 2. The Morgan fingerprint density at radius 2 is 2.32 bits per heavy atom. The van der Waals surface area contributed by atoms with Gasteiger partial charge in [0.05, 0.1) is 7.11 Å². The Morgan fingerprint density at radius 3 is 3.05 bits per heavy atom. The summed E-state index contributed by atoms with van der Waals surface area (Å²) in [5.74, 6) is 1.57. The molecule has 2 fully saturated rings. The van der Waals surface area contributed by atoms with Crippen molar-refractivity contribution < 1.29 is 9.53 Å². The second-order valence-electron chi connectivity index (χ2n) is 5.13. The van der Waals surface area contributed by atoms with Crippen molar-refractivity contribution in [3.05, 3.63) is 5.82 Å². The van der Waals surface area contributed by atoms with Crippen molar-refractivity contribution in [2.75, 3.05) is 25.5 Å². The van der Waals surface area contributed by atoms with Crippen LogP contribution in [0.1, 0.15) is 37.4 Å². The van der Waals surface area contributed by atoms with E-state index >= 15 is 0 Å². The van der Waals surface area contributed by atoms with Crippen molar-refractivity contribution in [2.45, 2.75) is 37.6 Å². The molecule has 1 aliphatic heterocycles. The fourth-order valence-corrected chi connectivity index (χ4v) is 3.09. The number of likely N-dealkylation sites (tertiary alicyclic amines) is 1. The van der Waals surface area contributed by atoms with Crippen LogP contribution in [0.2, 0.25) is 0 Å². The van der Waals surface area contributed by atoms with Crippen molar-refractivity contribution in [2.24, 2.45) is 0 Å². The normalized spacial score (nSPS) is 23.2. The number of piperidine rings is 1. The summed E-state index contributed by atoms with van der Waals surface area (Å²) >= 11 is 1.42. The lowest BCUT2D eigenvalue weighted by Gasteiger charge is -2.31. The van der Waals surface area contributed by atoms with Crippen LogP contribution < -0.4 is 5.32 Å². The van der Waals surface area contributed by atoms with E-state index in [4.69, 9.17) is 4.74 Å². The maximum absolute atomic E-state index is 11.5. The van der Waals surface area contributed by atoms with Gasteiger partial charge in [-0.15, -0.1) is 0 Å². The van der Waals surface area contributed by atoms with Gasteiger partial charge in [-0.2, -0.15) is 4.37 Å². The van der Waals surface area contributed by atoms with E-state index in [1.54, 1.807) is 4.90 Å². The first-order valence-corrected chi connectivity index (χ1v) is 7.46. The van der Waals surface area contributed by atoms with E-state index in [0.29, 0.717) is 12.5 Å². The van der Waals surface area contributed by atoms with Crippen LogP contribution in [0, 0.1) is 0 Å². The standard InChI is InChI=1S/C12H18N4O2S/c1-18-12(17)16-6-2-3-9(7-16)13-11-14-10(15-19-11)8-4-5-8/h8-9H,2-7H2,1H3,(H,13,14,15)/t9-/m0/s1. The van der Waals surface area contributed by atoms with Gasteiger partial charge >= 0.3 is 6.09 Å². The maximum Gasteiger partial charge on any atom is 0.409 e. The van der Waals surface area contributed by atoms with Gasteiger partial charge in [0, 0.05) is 36.6 Å². The van der Waals surface area contributed by atoms with Crippen LogP contribution in [0.4, 0.5) is 9.93 Å². The van der Waals surface area contributed by atoms with E-state index in [1.165, 1.54) is 31.5 Å². The first kappa shape index (κ1) is 12.7. The monoisotopic (exact) mass is 282 g/mol. The summed E-state index contributed by atoms with van der Waals surface area (Å²) in [4.78, 5) is 17.8. The van der Waals surface area contributed by atoms with Crippen LogP contribution in [-0.4, -0.2) is 46.6 Å². The average Bonchev–Trinajstić information content (AvgIpc) is 3.19. The van der Waals surface area contributed by atoms with E-state index in [9.17, 15) is 4.79 Å². The van der Waals surface area contributed by atoms with E-state index in [0.717, 1.165) is 30.3 Å². The molecule has 0 aromatic carbocycles. The van der Waals surface area contributed by atoms with Crippen molar-refractivity contribution in [3.8, 4) is 0 Å². The predicted octanol–water partition coefficient (Wildman–Crippen LogP) is 2.06.